The van der Waals surface area contributed by atoms with E-state index < -0.39 is 0 Å². The summed E-state index contributed by atoms with van der Waals surface area (Å²) in [6, 6.07) is 0. The van der Waals surface area contributed by atoms with Gasteiger partial charge in [0.05, 0.1) is 0 Å². The van der Waals surface area contributed by atoms with E-state index in [1.807, 2.05) is 6.08 Å². The van der Waals surface area contributed by atoms with Crippen molar-refractivity contribution in [3.8, 4) is 0 Å². The Labute approximate surface area is 88.7 Å². The van der Waals surface area contributed by atoms with Gasteiger partial charge in [0.2, 0.25) is 0 Å². The minimum Gasteiger partial charge on any atom is -0.381 e. The maximum Gasteiger partial charge on any atom is 0.0500 e. The molecule has 0 spiro atoms. The quantitative estimate of drug-likeness (QED) is 0.431. The minimum atomic E-state index is 0.749. The van der Waals surface area contributed by atoms with Gasteiger partial charge in [0.1, 0.15) is 0 Å². The molecule has 0 bridgehead atoms. The van der Waals surface area contributed by atoms with Crippen LogP contribution >= 0.6 is 0 Å². The van der Waals surface area contributed by atoms with Crippen LogP contribution in [0.2, 0.25) is 0 Å². The molecule has 0 atom stereocenters. The second-order valence-corrected chi connectivity index (χ2v) is 3.99. The van der Waals surface area contributed by atoms with E-state index in [9.17, 15) is 0 Å². The van der Waals surface area contributed by atoms with Crippen molar-refractivity contribution in [2.75, 3.05) is 26.3 Å². The van der Waals surface area contributed by atoms with Gasteiger partial charge in [-0.3, -0.25) is 0 Å². The van der Waals surface area contributed by atoms with Crippen LogP contribution in [0.4, 0.5) is 0 Å². The first-order valence-corrected chi connectivity index (χ1v) is 5.66. The summed E-state index contributed by atoms with van der Waals surface area (Å²) in [5.74, 6) is 0.749. The summed E-state index contributed by atoms with van der Waals surface area (Å²) in [4.78, 5) is 0. The van der Waals surface area contributed by atoms with Crippen LogP contribution in [0.25, 0.3) is 0 Å². The molecule has 0 unspecified atom stereocenters. The van der Waals surface area contributed by atoms with Gasteiger partial charge in [0, 0.05) is 13.2 Å². The molecule has 0 rings (SSSR count). The fraction of sp³-hybridized carbons (Fsp3) is 0.833. The summed E-state index contributed by atoms with van der Waals surface area (Å²) in [5.41, 5.74) is 0. The van der Waals surface area contributed by atoms with Crippen LogP contribution < -0.4 is 5.32 Å². The van der Waals surface area contributed by atoms with Gasteiger partial charge in [-0.15, -0.1) is 6.58 Å². The van der Waals surface area contributed by atoms with Crippen molar-refractivity contribution in [3.05, 3.63) is 12.7 Å². The van der Waals surface area contributed by atoms with Gasteiger partial charge >= 0.3 is 0 Å². The lowest BCUT2D eigenvalue weighted by atomic mass is 10.2. The molecule has 0 aromatic rings. The summed E-state index contributed by atoms with van der Waals surface area (Å²) in [5, 5.41) is 3.42. The number of hydrogen-bond donors (Lipinski definition) is 1. The third-order valence-electron chi connectivity index (χ3n) is 1.91. The molecule has 0 heterocycles. The molecule has 0 aliphatic rings. The van der Waals surface area contributed by atoms with Gasteiger partial charge in [-0.1, -0.05) is 19.9 Å². The monoisotopic (exact) mass is 199 g/mol. The highest BCUT2D eigenvalue weighted by molar-refractivity contribution is 4.64. The Bertz CT molecular complexity index is 123. The van der Waals surface area contributed by atoms with E-state index in [-0.39, 0.29) is 0 Å². The summed E-state index contributed by atoms with van der Waals surface area (Å²) >= 11 is 0. The fourth-order valence-electron chi connectivity index (χ4n) is 1.11. The summed E-state index contributed by atoms with van der Waals surface area (Å²) < 4.78 is 5.40. The lowest BCUT2D eigenvalue weighted by molar-refractivity contribution is 0.135. The maximum atomic E-state index is 5.40. The summed E-state index contributed by atoms with van der Waals surface area (Å²) in [6.45, 7) is 12.0. The van der Waals surface area contributed by atoms with Crippen molar-refractivity contribution < 1.29 is 4.74 Å². The van der Waals surface area contributed by atoms with Crippen LogP contribution in [0.15, 0.2) is 12.7 Å². The van der Waals surface area contributed by atoms with Crippen molar-refractivity contribution >= 4 is 0 Å². The topological polar surface area (TPSA) is 21.3 Å². The van der Waals surface area contributed by atoms with E-state index >= 15 is 0 Å². The van der Waals surface area contributed by atoms with Crippen molar-refractivity contribution in [3.63, 3.8) is 0 Å². The van der Waals surface area contributed by atoms with Gasteiger partial charge in [-0.25, -0.2) is 0 Å². The van der Waals surface area contributed by atoms with E-state index in [2.05, 4.69) is 25.7 Å². The Morgan fingerprint density at radius 3 is 2.71 bits per heavy atom. The fourth-order valence-corrected chi connectivity index (χ4v) is 1.11. The number of rotatable bonds is 10. The Morgan fingerprint density at radius 2 is 2.07 bits per heavy atom. The first kappa shape index (κ1) is 13.7. The molecule has 0 saturated heterocycles. The molecule has 0 amide bonds. The highest BCUT2D eigenvalue weighted by Crippen LogP contribution is 1.92. The van der Waals surface area contributed by atoms with Gasteiger partial charge in [0.15, 0.2) is 0 Å². The molecule has 0 saturated carbocycles. The van der Waals surface area contributed by atoms with Crippen molar-refractivity contribution in [2.45, 2.75) is 33.1 Å². The Balaban J connectivity index is 2.88. The lowest BCUT2D eigenvalue weighted by Crippen LogP contribution is -2.20. The smallest absolute Gasteiger partial charge is 0.0500 e. The van der Waals surface area contributed by atoms with E-state index in [0.717, 1.165) is 45.1 Å². The third kappa shape index (κ3) is 11.7. The molecule has 0 fully saturated rings. The molecule has 0 aromatic carbocycles. The van der Waals surface area contributed by atoms with Gasteiger partial charge in [-0.05, 0) is 38.3 Å². The first-order chi connectivity index (χ1) is 6.77. The molecule has 2 nitrogen and oxygen atoms in total. The third-order valence-corrected chi connectivity index (χ3v) is 1.91. The average Bonchev–Trinajstić information content (AvgIpc) is 2.15. The molecular formula is C12H25NO. The number of hydrogen-bond acceptors (Lipinski definition) is 2. The molecule has 1 N–H and O–H groups in total. The molecule has 0 aliphatic carbocycles. The predicted molar refractivity (Wildman–Crippen MR) is 62.6 cm³/mol. The van der Waals surface area contributed by atoms with Crippen LogP contribution in [0.1, 0.15) is 33.1 Å². The minimum absolute atomic E-state index is 0.749. The zero-order valence-corrected chi connectivity index (χ0v) is 9.72. The average molecular weight is 199 g/mol. The largest absolute Gasteiger partial charge is 0.381 e. The molecule has 0 aromatic heterocycles. The van der Waals surface area contributed by atoms with Crippen LogP contribution in [-0.4, -0.2) is 26.3 Å². The standard InChI is InChI=1S/C12H25NO/c1-4-5-9-14-10-7-6-8-13-11-12(2)3/h4,12-13H,1,5-11H2,2-3H3. The number of nitrogens with one attached hydrogen (secondary N) is 1. The van der Waals surface area contributed by atoms with E-state index in [4.69, 9.17) is 4.74 Å². The van der Waals surface area contributed by atoms with Crippen molar-refractivity contribution in [2.24, 2.45) is 5.92 Å². The van der Waals surface area contributed by atoms with Crippen molar-refractivity contribution in [1.82, 2.24) is 5.32 Å². The second-order valence-electron chi connectivity index (χ2n) is 3.99. The molecule has 14 heavy (non-hydrogen) atoms. The van der Waals surface area contributed by atoms with E-state index in [0.29, 0.717) is 0 Å². The van der Waals surface area contributed by atoms with E-state index in [1.54, 1.807) is 0 Å². The molecule has 2 heteroatoms. The van der Waals surface area contributed by atoms with Gasteiger partial charge in [-0.2, -0.15) is 0 Å². The highest BCUT2D eigenvalue weighted by Gasteiger charge is 1.92. The molecule has 0 aliphatic heterocycles. The molecular weight excluding hydrogens is 174 g/mol. The second kappa shape index (κ2) is 10.7. The van der Waals surface area contributed by atoms with Crippen LogP contribution in [0, 0.1) is 5.92 Å². The Morgan fingerprint density at radius 1 is 1.29 bits per heavy atom. The van der Waals surface area contributed by atoms with Crippen LogP contribution in [-0.2, 0) is 4.74 Å². The predicted octanol–water partition coefficient (Wildman–Crippen LogP) is 2.60. The highest BCUT2D eigenvalue weighted by atomic mass is 16.5. The lowest BCUT2D eigenvalue weighted by Gasteiger charge is -2.07. The number of ether oxygens (including phenoxy) is 1. The van der Waals surface area contributed by atoms with E-state index in [1.165, 1.54) is 6.42 Å². The maximum absolute atomic E-state index is 5.40. The zero-order chi connectivity index (χ0) is 10.6. The van der Waals surface area contributed by atoms with Gasteiger partial charge < -0.3 is 10.1 Å². The van der Waals surface area contributed by atoms with Crippen LogP contribution in [0.3, 0.4) is 0 Å². The normalized spacial score (nSPS) is 10.8. The first-order valence-electron chi connectivity index (χ1n) is 5.66. The molecule has 84 valence electrons. The SMILES string of the molecule is C=CCCOCCCCNCC(C)C. The summed E-state index contributed by atoms with van der Waals surface area (Å²) in [7, 11) is 0. The van der Waals surface area contributed by atoms with Gasteiger partial charge in [0.25, 0.3) is 0 Å². The summed E-state index contributed by atoms with van der Waals surface area (Å²) in [6.07, 6.45) is 5.22. The molecule has 0 radical (unpaired) electrons. The van der Waals surface area contributed by atoms with Crippen LogP contribution in [0.5, 0.6) is 0 Å². The Kier molecular flexibility index (Phi) is 10.5. The number of unbranched alkanes of at least 4 members (excludes halogenated alkanes) is 1. The van der Waals surface area contributed by atoms with Crippen molar-refractivity contribution in [1.29, 1.82) is 0 Å². The Hall–Kier alpha value is -0.340. The zero-order valence-electron chi connectivity index (χ0n) is 9.72.